The maximum absolute atomic E-state index is 14.4. The fourth-order valence-corrected chi connectivity index (χ4v) is 14.9. The number of nitrogens with one attached hydrogen (secondary N) is 3. The predicted octanol–water partition coefficient (Wildman–Crippen LogP) is 10.5. The van der Waals surface area contributed by atoms with Gasteiger partial charge < -0.3 is 96.8 Å². The van der Waals surface area contributed by atoms with Crippen molar-refractivity contribution in [3.63, 3.8) is 0 Å². The summed E-state index contributed by atoms with van der Waals surface area (Å²) in [6.45, 7) is 7.02. The van der Waals surface area contributed by atoms with Gasteiger partial charge in [0.1, 0.15) is 80.3 Å². The van der Waals surface area contributed by atoms with E-state index in [1.807, 2.05) is 206 Å². The van der Waals surface area contributed by atoms with Gasteiger partial charge in [0, 0.05) is 30.9 Å². The Morgan fingerprint density at radius 2 is 1.02 bits per heavy atom. The van der Waals surface area contributed by atoms with E-state index in [9.17, 15) is 24.3 Å². The molecule has 8 aromatic carbocycles. The molecule has 0 radical (unpaired) electrons. The van der Waals surface area contributed by atoms with Crippen LogP contribution in [0.2, 0.25) is 0 Å². The Bertz CT molecular complexity index is 4270. The first-order valence-corrected chi connectivity index (χ1v) is 37.1. The van der Waals surface area contributed by atoms with E-state index >= 15 is 0 Å². The first-order valence-electron chi connectivity index (χ1n) is 37.1. The number of carbonyl (C=O) groups is 4. The first-order chi connectivity index (χ1) is 53.7. The number of hydrogen-bond donors (Lipinski definition) is 4. The van der Waals surface area contributed by atoms with E-state index in [0.29, 0.717) is 5.56 Å². The number of alkyl carbamates (subject to hydrolysis) is 1. The highest BCUT2D eigenvalue weighted by Gasteiger charge is 2.64. The summed E-state index contributed by atoms with van der Waals surface area (Å²) in [7, 11) is 0. The minimum absolute atomic E-state index is 0.0329. The van der Waals surface area contributed by atoms with Crippen LogP contribution in [0.3, 0.4) is 0 Å². The minimum Gasteiger partial charge on any atom is -0.460 e. The van der Waals surface area contributed by atoms with Crippen LogP contribution < -0.4 is 16.0 Å². The van der Waals surface area contributed by atoms with Crippen LogP contribution in [0.4, 0.5) is 4.79 Å². The van der Waals surface area contributed by atoms with Crippen LogP contribution >= 0.6 is 0 Å². The Morgan fingerprint density at radius 1 is 0.527 bits per heavy atom. The van der Waals surface area contributed by atoms with E-state index in [0.717, 1.165) is 57.0 Å². The molecule has 0 saturated carbocycles. The fraction of sp³-hybridized carbons (Fsp3) is 0.372. The van der Waals surface area contributed by atoms with E-state index in [-0.39, 0.29) is 65.4 Å². The van der Waals surface area contributed by atoms with Crippen molar-refractivity contribution in [2.75, 3.05) is 33.0 Å². The van der Waals surface area contributed by atoms with E-state index in [4.69, 9.17) is 75.8 Å². The molecular formula is C86H91N3O21. The first kappa shape index (κ1) is 77.3. The molecule has 5 aliphatic heterocycles. The Morgan fingerprint density at radius 3 is 1.55 bits per heavy atom. The van der Waals surface area contributed by atoms with Crippen LogP contribution in [0.5, 0.6) is 0 Å². The number of fused-ring (bicyclic) bond motifs is 5. The van der Waals surface area contributed by atoms with Gasteiger partial charge in [-0.15, -0.1) is 0 Å². The number of rotatable bonds is 30. The molecular weight excluding hydrogens is 1410 g/mol. The molecule has 8 aromatic rings. The van der Waals surface area contributed by atoms with Gasteiger partial charge in [0.25, 0.3) is 0 Å². The molecule has 0 spiro atoms. The van der Waals surface area contributed by atoms with Crippen molar-refractivity contribution in [2.24, 2.45) is 0 Å². The number of amides is 3. The summed E-state index contributed by atoms with van der Waals surface area (Å²) in [5.74, 6) is -2.69. The Balaban J connectivity index is 0.833. The van der Waals surface area contributed by atoms with Crippen molar-refractivity contribution < 1.29 is 100 Å². The number of carbonyl (C=O) groups excluding carboxylic acids is 4. The minimum atomic E-state index is -2.86. The van der Waals surface area contributed by atoms with Crippen molar-refractivity contribution in [1.29, 1.82) is 0 Å². The molecule has 1 aliphatic carbocycles. The topological polar surface area (TPSA) is 272 Å². The molecule has 5 fully saturated rings. The predicted molar refractivity (Wildman–Crippen MR) is 397 cm³/mol. The van der Waals surface area contributed by atoms with Gasteiger partial charge in [-0.25, -0.2) is 9.59 Å². The van der Waals surface area contributed by atoms with Gasteiger partial charge in [-0.1, -0.05) is 243 Å². The largest absolute Gasteiger partial charge is 0.460 e. The van der Waals surface area contributed by atoms with Crippen LogP contribution in [-0.2, 0) is 117 Å². The van der Waals surface area contributed by atoms with Crippen molar-refractivity contribution in [3.8, 4) is 11.1 Å². The van der Waals surface area contributed by atoms with E-state index in [1.165, 1.54) is 19.9 Å². The zero-order valence-electron chi connectivity index (χ0n) is 61.2. The summed E-state index contributed by atoms with van der Waals surface area (Å²) in [4.78, 5) is 57.0. The lowest BCUT2D eigenvalue weighted by molar-refractivity contribution is -0.422. The maximum atomic E-state index is 14.4. The summed E-state index contributed by atoms with van der Waals surface area (Å²) in [5, 5.41) is 22.4. The number of aliphatic hydroxyl groups is 1. The molecule has 2 unspecified atom stereocenters. The number of esters is 1. The maximum Gasteiger partial charge on any atom is 0.407 e. The molecule has 0 aromatic heterocycles. The van der Waals surface area contributed by atoms with Gasteiger partial charge in [-0.2, -0.15) is 0 Å². The molecule has 110 heavy (non-hydrogen) atoms. The second-order valence-electron chi connectivity index (χ2n) is 27.8. The van der Waals surface area contributed by atoms with Crippen LogP contribution in [0, 0.1) is 0 Å². The highest BCUT2D eigenvalue weighted by atomic mass is 16.8. The Hall–Kier alpha value is -9.42. The molecule has 14 rings (SSSR count). The standard InChI is InChI=1S/C86H91N3O21/c1-5-44-96-79(92)70(88-85(93)102-49-66-64-42-26-24-40-62(64)63-41-25-27-43-65(63)66)53(2)103-84-86(94,89-55(4)91)78(74-69(106-84)52-101-81(109-74)61-38-22-11-23-39-61)110-82-71(87-54(3)90)75(97-46-57-30-14-7-15-31-57)72(67(104-82)50-95-45-56-28-12-6-13-29-56)108-83-77(99-48-59-34-18-9-19-35-59)76(98-47-58-32-16-8-17-33-58)73-68(105-83)51-100-80(107-73)60-36-20-10-21-37-60/h5-43,53,66-78,80-84,94H,1,44-52H2,2-4H3,(H,87,90)(H,88,93)(H,89,91)/t53-,67-,68-,69-,70+,71-,72-,73+,74+,75-,76+,77-,78+,80?,81?,82+,83+,84+,86-/m1/s1. The van der Waals surface area contributed by atoms with E-state index < -0.39 is 140 Å². The fourth-order valence-electron chi connectivity index (χ4n) is 14.9. The molecule has 6 aliphatic rings. The van der Waals surface area contributed by atoms with Gasteiger partial charge in [0.2, 0.25) is 23.8 Å². The molecule has 0 bridgehead atoms. The third-order valence-electron chi connectivity index (χ3n) is 20.1. The average Bonchev–Trinajstić information content (AvgIpc) is 0.759. The summed E-state index contributed by atoms with van der Waals surface area (Å²) in [6.07, 6.45) is -20.1. The lowest BCUT2D eigenvalue weighted by Crippen LogP contribution is -2.77. The lowest BCUT2D eigenvalue weighted by atomic mass is 9.90. The van der Waals surface area contributed by atoms with Gasteiger partial charge in [-0.3, -0.25) is 9.59 Å². The van der Waals surface area contributed by atoms with Crippen molar-refractivity contribution in [1.82, 2.24) is 16.0 Å². The molecule has 3 amide bonds. The van der Waals surface area contributed by atoms with E-state index in [2.05, 4.69) is 22.5 Å². The van der Waals surface area contributed by atoms with Crippen LogP contribution in [0.15, 0.2) is 243 Å². The van der Waals surface area contributed by atoms with Gasteiger partial charge >= 0.3 is 12.1 Å². The molecule has 19 atom stereocenters. The summed E-state index contributed by atoms with van der Waals surface area (Å²) in [6, 6.07) is 69.5. The summed E-state index contributed by atoms with van der Waals surface area (Å²) >= 11 is 0. The van der Waals surface area contributed by atoms with Crippen LogP contribution in [0.1, 0.15) is 83.8 Å². The SMILES string of the molecule is C=CCOC(=O)[C@@H](NC(=O)OCC1c2ccccc2-c2ccccc21)[C@@H](C)O[C@H]1O[C@@H]2COC(c3ccccc3)O[C@@H]2[C@H](O[C@@H]2O[C@H](COCc3ccccc3)[C@@H](O[C@@H]3O[C@@H]4COC(c5ccccc5)O[C@@H]4[C@H](OCc4ccccc4)[C@H]3OCc3ccccc3)[C@H](OCc3ccccc3)[C@H]2NC(C)=O)[C@]1(O)NC(C)=O. The van der Waals surface area contributed by atoms with Crippen molar-refractivity contribution >= 4 is 23.9 Å². The second kappa shape index (κ2) is 36.6. The molecule has 4 N–H and O–H groups in total. The van der Waals surface area contributed by atoms with Crippen molar-refractivity contribution in [2.45, 2.75) is 170 Å². The molecule has 5 saturated heterocycles. The third kappa shape index (κ3) is 18.4. The highest BCUT2D eigenvalue weighted by Crippen LogP contribution is 2.47. The van der Waals surface area contributed by atoms with Crippen LogP contribution in [0.25, 0.3) is 11.1 Å². The van der Waals surface area contributed by atoms with E-state index in [1.54, 1.807) is 24.3 Å². The zero-order chi connectivity index (χ0) is 75.9. The summed E-state index contributed by atoms with van der Waals surface area (Å²) < 4.78 is 109. The van der Waals surface area contributed by atoms with Gasteiger partial charge in [0.05, 0.1) is 52.4 Å². The third-order valence-corrected chi connectivity index (χ3v) is 20.1. The average molecular weight is 1500 g/mol. The number of hydrogen-bond acceptors (Lipinski definition) is 21. The summed E-state index contributed by atoms with van der Waals surface area (Å²) in [5.41, 5.74) is 5.70. The molecule has 24 nitrogen and oxygen atoms in total. The molecule has 576 valence electrons. The Labute approximate surface area is 638 Å². The van der Waals surface area contributed by atoms with Crippen molar-refractivity contribution in [3.05, 3.63) is 288 Å². The number of benzene rings is 8. The van der Waals surface area contributed by atoms with Crippen LogP contribution in [-0.4, -0.2) is 166 Å². The smallest absolute Gasteiger partial charge is 0.407 e. The highest BCUT2D eigenvalue weighted by molar-refractivity contribution is 5.83. The molecule has 5 heterocycles. The zero-order valence-corrected chi connectivity index (χ0v) is 61.2. The van der Waals surface area contributed by atoms with Gasteiger partial charge in [-0.05, 0) is 51.4 Å². The van der Waals surface area contributed by atoms with Gasteiger partial charge in [0.15, 0.2) is 31.2 Å². The number of ether oxygens (including phenoxy) is 16. The Kier molecular flexibility index (Phi) is 25.7. The lowest BCUT2D eigenvalue weighted by Gasteiger charge is -2.55. The molecule has 24 heteroatoms. The quantitative estimate of drug-likeness (QED) is 0.0185. The second-order valence-corrected chi connectivity index (χ2v) is 27.8. The normalized spacial score (nSPS) is 28.1. The monoisotopic (exact) mass is 1500 g/mol.